The van der Waals surface area contributed by atoms with Crippen molar-refractivity contribution in [1.82, 2.24) is 9.97 Å². The average Bonchev–Trinajstić information content (AvgIpc) is 2.36. The molecule has 0 unspecified atom stereocenters. The van der Waals surface area contributed by atoms with Crippen LogP contribution in [0.15, 0.2) is 18.6 Å². The quantitative estimate of drug-likeness (QED) is 0.711. The first-order valence-corrected chi connectivity index (χ1v) is 5.51. The molecule has 0 amide bonds. The molecule has 0 aromatic carbocycles. The highest BCUT2D eigenvalue weighted by atomic mass is 16.7. The zero-order valence-electron chi connectivity index (χ0n) is 10.2. The molecule has 2 heterocycles. The maximum absolute atomic E-state index is 5.88. The molecule has 1 aliphatic heterocycles. The van der Waals surface area contributed by atoms with Gasteiger partial charge in [-0.05, 0) is 27.7 Å². The topological polar surface area (TPSA) is 44.2 Å². The predicted molar refractivity (Wildman–Crippen MR) is 61.8 cm³/mol. The molecule has 0 atom stereocenters. The Morgan fingerprint density at radius 1 is 1.12 bits per heavy atom. The van der Waals surface area contributed by atoms with Gasteiger partial charge < -0.3 is 9.31 Å². The molecular weight excluding hydrogens is 203 g/mol. The summed E-state index contributed by atoms with van der Waals surface area (Å²) >= 11 is 0. The van der Waals surface area contributed by atoms with Crippen LogP contribution in [0.1, 0.15) is 33.4 Å². The molecule has 1 aromatic heterocycles. The van der Waals surface area contributed by atoms with Gasteiger partial charge in [0, 0.05) is 24.9 Å². The second-order valence-corrected chi connectivity index (χ2v) is 5.09. The van der Waals surface area contributed by atoms with E-state index in [1.165, 1.54) is 0 Å². The van der Waals surface area contributed by atoms with Gasteiger partial charge in [0.05, 0.1) is 16.9 Å². The van der Waals surface area contributed by atoms with E-state index in [4.69, 9.17) is 9.31 Å². The summed E-state index contributed by atoms with van der Waals surface area (Å²) in [6, 6.07) is 0. The normalized spacial score (nSPS) is 22.4. The third-order valence-electron chi connectivity index (χ3n) is 3.29. The van der Waals surface area contributed by atoms with Crippen LogP contribution < -0.4 is 0 Å². The third kappa shape index (κ3) is 2.10. The van der Waals surface area contributed by atoms with E-state index in [1.807, 2.05) is 27.7 Å². The first-order valence-electron chi connectivity index (χ1n) is 5.51. The van der Waals surface area contributed by atoms with Gasteiger partial charge in [-0.1, -0.05) is 0 Å². The summed E-state index contributed by atoms with van der Waals surface area (Å²) in [6.45, 7) is 8.18. The van der Waals surface area contributed by atoms with Crippen LogP contribution in [0.5, 0.6) is 0 Å². The van der Waals surface area contributed by atoms with Crippen LogP contribution in [0, 0.1) is 0 Å². The van der Waals surface area contributed by atoms with Gasteiger partial charge in [-0.3, -0.25) is 9.97 Å². The molecule has 1 aromatic rings. The fraction of sp³-hybridized carbons (Fsp3) is 0.636. The largest absolute Gasteiger partial charge is 0.464 e. The van der Waals surface area contributed by atoms with Gasteiger partial charge in [-0.15, -0.1) is 0 Å². The molecule has 0 bridgehead atoms. The Morgan fingerprint density at radius 2 is 1.75 bits per heavy atom. The molecule has 0 aliphatic carbocycles. The van der Waals surface area contributed by atoms with Crippen LogP contribution in [-0.2, 0) is 15.6 Å². The summed E-state index contributed by atoms with van der Waals surface area (Å²) in [7, 11) is -0.235. The Morgan fingerprint density at radius 3 is 2.25 bits per heavy atom. The monoisotopic (exact) mass is 220 g/mol. The van der Waals surface area contributed by atoms with E-state index >= 15 is 0 Å². The Kier molecular flexibility index (Phi) is 2.76. The van der Waals surface area contributed by atoms with Crippen LogP contribution >= 0.6 is 0 Å². The van der Waals surface area contributed by atoms with Gasteiger partial charge in [0.25, 0.3) is 0 Å². The zero-order valence-corrected chi connectivity index (χ0v) is 10.2. The number of aromatic nitrogens is 2. The van der Waals surface area contributed by atoms with Crippen molar-refractivity contribution >= 4 is 7.12 Å². The summed E-state index contributed by atoms with van der Waals surface area (Å²) in [4.78, 5) is 8.24. The molecule has 1 saturated heterocycles. The minimum Gasteiger partial charge on any atom is -0.403 e. The van der Waals surface area contributed by atoms with Gasteiger partial charge in [0.15, 0.2) is 0 Å². The summed E-state index contributed by atoms with van der Waals surface area (Å²) in [6.07, 6.45) is 5.72. The van der Waals surface area contributed by atoms with Crippen molar-refractivity contribution in [2.45, 2.75) is 45.2 Å². The smallest absolute Gasteiger partial charge is 0.403 e. The number of hydrogen-bond acceptors (Lipinski definition) is 4. The van der Waals surface area contributed by atoms with Crippen molar-refractivity contribution in [2.75, 3.05) is 0 Å². The van der Waals surface area contributed by atoms with E-state index < -0.39 is 0 Å². The average molecular weight is 220 g/mol. The maximum atomic E-state index is 5.88. The van der Waals surface area contributed by atoms with Crippen molar-refractivity contribution in [3.8, 4) is 0 Å². The van der Waals surface area contributed by atoms with Crippen LogP contribution in [0.2, 0.25) is 0 Å². The molecule has 16 heavy (non-hydrogen) atoms. The second kappa shape index (κ2) is 3.82. The fourth-order valence-electron chi connectivity index (χ4n) is 1.65. The molecule has 0 spiro atoms. The van der Waals surface area contributed by atoms with Gasteiger partial charge in [-0.25, -0.2) is 0 Å². The number of nitrogens with zero attached hydrogens (tertiary/aromatic N) is 2. The van der Waals surface area contributed by atoms with Gasteiger partial charge in [0.1, 0.15) is 0 Å². The van der Waals surface area contributed by atoms with E-state index in [9.17, 15) is 0 Å². The van der Waals surface area contributed by atoms with E-state index in [2.05, 4.69) is 9.97 Å². The molecular formula is C11H17BN2O2. The highest BCUT2D eigenvalue weighted by Gasteiger charge is 2.50. The van der Waals surface area contributed by atoms with Crippen molar-refractivity contribution in [1.29, 1.82) is 0 Å². The maximum Gasteiger partial charge on any atom is 0.464 e. The Hall–Kier alpha value is -0.935. The van der Waals surface area contributed by atoms with Crippen molar-refractivity contribution in [2.24, 2.45) is 0 Å². The Bertz CT molecular complexity index is 352. The molecule has 0 radical (unpaired) electrons. The summed E-state index contributed by atoms with van der Waals surface area (Å²) in [5, 5.41) is 0. The Balaban J connectivity index is 2.05. The lowest BCUT2D eigenvalue weighted by molar-refractivity contribution is 0.00578. The summed E-state index contributed by atoms with van der Waals surface area (Å²) in [5.74, 6) is 0. The van der Waals surface area contributed by atoms with Gasteiger partial charge >= 0.3 is 7.12 Å². The molecule has 0 N–H and O–H groups in total. The molecule has 1 fully saturated rings. The van der Waals surface area contributed by atoms with Gasteiger partial charge in [-0.2, -0.15) is 0 Å². The van der Waals surface area contributed by atoms with Crippen molar-refractivity contribution in [3.63, 3.8) is 0 Å². The highest BCUT2D eigenvalue weighted by Crippen LogP contribution is 2.37. The van der Waals surface area contributed by atoms with E-state index in [-0.39, 0.29) is 18.3 Å². The zero-order chi connectivity index (χ0) is 11.8. The third-order valence-corrected chi connectivity index (χ3v) is 3.29. The van der Waals surface area contributed by atoms with E-state index in [0.29, 0.717) is 6.32 Å². The molecule has 0 saturated carbocycles. The summed E-state index contributed by atoms with van der Waals surface area (Å²) < 4.78 is 11.8. The van der Waals surface area contributed by atoms with Crippen LogP contribution in [-0.4, -0.2) is 28.3 Å². The summed E-state index contributed by atoms with van der Waals surface area (Å²) in [5.41, 5.74) is 0.334. The molecule has 1 aliphatic rings. The lowest BCUT2D eigenvalue weighted by Crippen LogP contribution is -2.41. The van der Waals surface area contributed by atoms with E-state index in [0.717, 1.165) is 5.69 Å². The SMILES string of the molecule is CC1(C)OB(Cc2cnccn2)OC1(C)C. The molecule has 86 valence electrons. The fourth-order valence-corrected chi connectivity index (χ4v) is 1.65. The highest BCUT2D eigenvalue weighted by molar-refractivity contribution is 6.44. The molecule has 4 nitrogen and oxygen atoms in total. The van der Waals surface area contributed by atoms with Gasteiger partial charge in [0.2, 0.25) is 0 Å². The van der Waals surface area contributed by atoms with Crippen molar-refractivity contribution < 1.29 is 9.31 Å². The molecule has 2 rings (SSSR count). The Labute approximate surface area is 96.5 Å². The first-order chi connectivity index (χ1) is 7.41. The number of hydrogen-bond donors (Lipinski definition) is 0. The van der Waals surface area contributed by atoms with Crippen molar-refractivity contribution in [3.05, 3.63) is 24.3 Å². The van der Waals surface area contributed by atoms with Crippen LogP contribution in [0.3, 0.4) is 0 Å². The first kappa shape index (κ1) is 11.5. The van der Waals surface area contributed by atoms with E-state index in [1.54, 1.807) is 18.6 Å². The number of rotatable bonds is 2. The minimum absolute atomic E-state index is 0.235. The predicted octanol–water partition coefficient (Wildman–Crippen LogP) is 1.65. The lowest BCUT2D eigenvalue weighted by Gasteiger charge is -2.32. The molecule has 5 heteroatoms. The lowest BCUT2D eigenvalue weighted by atomic mass is 9.83. The van der Waals surface area contributed by atoms with Crippen LogP contribution in [0.25, 0.3) is 0 Å². The van der Waals surface area contributed by atoms with Crippen LogP contribution in [0.4, 0.5) is 0 Å². The standard InChI is InChI=1S/C11H17BN2O2/c1-10(2)11(3,4)16-12(15-10)7-9-8-13-5-6-14-9/h5-6,8H,7H2,1-4H3. The minimum atomic E-state index is -0.278. The second-order valence-electron chi connectivity index (χ2n) is 5.09.